The van der Waals surface area contributed by atoms with Gasteiger partial charge in [-0.05, 0) is 25.3 Å². The molecule has 2 amide bonds. The number of carbonyl (C=O) groups is 3. The Kier molecular flexibility index (Phi) is 6.49. The third-order valence-electron chi connectivity index (χ3n) is 5.37. The van der Waals surface area contributed by atoms with Gasteiger partial charge in [0.15, 0.2) is 5.82 Å². The molecule has 1 aromatic rings. The number of halogens is 4. The molecular formula is C18H21F4N3O4. The molecule has 1 spiro atoms. The Morgan fingerprint density at radius 2 is 2.00 bits per heavy atom. The molecule has 0 aliphatic carbocycles. The Labute approximate surface area is 164 Å². The number of carboxylic acid groups (broad SMARTS) is 1. The fourth-order valence-corrected chi connectivity index (χ4v) is 3.70. The number of nitrogens with zero attached hydrogens (tertiary/aromatic N) is 3. The van der Waals surface area contributed by atoms with Crippen LogP contribution in [0, 0.1) is 17.2 Å². The van der Waals surface area contributed by atoms with E-state index in [-0.39, 0.29) is 23.3 Å². The van der Waals surface area contributed by atoms with Gasteiger partial charge < -0.3 is 14.9 Å². The first-order valence-electron chi connectivity index (χ1n) is 8.92. The lowest BCUT2D eigenvalue weighted by molar-refractivity contribution is -0.192. The van der Waals surface area contributed by atoms with Crippen molar-refractivity contribution in [2.24, 2.45) is 11.3 Å². The van der Waals surface area contributed by atoms with Crippen LogP contribution in [0.1, 0.15) is 30.6 Å². The van der Waals surface area contributed by atoms with Crippen LogP contribution in [0.5, 0.6) is 0 Å². The molecule has 2 aliphatic rings. The summed E-state index contributed by atoms with van der Waals surface area (Å²) < 4.78 is 45.5. The molecule has 29 heavy (non-hydrogen) atoms. The highest BCUT2D eigenvalue weighted by atomic mass is 19.4. The third kappa shape index (κ3) is 4.48. The lowest BCUT2D eigenvalue weighted by atomic mass is 9.78. The van der Waals surface area contributed by atoms with E-state index in [0.29, 0.717) is 19.6 Å². The zero-order valence-electron chi connectivity index (χ0n) is 15.9. The minimum Gasteiger partial charge on any atom is -0.475 e. The second-order valence-corrected chi connectivity index (χ2v) is 7.04. The molecule has 3 rings (SSSR count). The van der Waals surface area contributed by atoms with Crippen molar-refractivity contribution < 1.29 is 37.1 Å². The van der Waals surface area contributed by atoms with Gasteiger partial charge in [-0.3, -0.25) is 14.6 Å². The number of likely N-dealkylation sites (tertiary alicyclic amines) is 2. The Morgan fingerprint density at radius 3 is 2.48 bits per heavy atom. The van der Waals surface area contributed by atoms with Crippen LogP contribution in [-0.2, 0) is 9.59 Å². The van der Waals surface area contributed by atoms with E-state index < -0.39 is 23.4 Å². The summed E-state index contributed by atoms with van der Waals surface area (Å²) >= 11 is 0. The van der Waals surface area contributed by atoms with Crippen LogP contribution in [0.4, 0.5) is 17.6 Å². The summed E-state index contributed by atoms with van der Waals surface area (Å²) in [5.74, 6) is -3.51. The first-order valence-corrected chi connectivity index (χ1v) is 8.92. The third-order valence-corrected chi connectivity index (χ3v) is 5.37. The van der Waals surface area contributed by atoms with Crippen LogP contribution >= 0.6 is 0 Å². The fraction of sp³-hybridized carbons (Fsp3) is 0.556. The molecule has 2 fully saturated rings. The number of alkyl halides is 3. The Morgan fingerprint density at radius 1 is 1.38 bits per heavy atom. The van der Waals surface area contributed by atoms with Crippen molar-refractivity contribution >= 4 is 17.8 Å². The topological polar surface area (TPSA) is 90.8 Å². The second kappa shape index (κ2) is 8.34. The molecule has 0 aromatic carbocycles. The molecule has 0 unspecified atom stereocenters. The van der Waals surface area contributed by atoms with Gasteiger partial charge in [0, 0.05) is 32.4 Å². The average molecular weight is 419 g/mol. The Bertz CT molecular complexity index is 802. The van der Waals surface area contributed by atoms with Gasteiger partial charge in [0.1, 0.15) is 0 Å². The molecule has 2 aliphatic heterocycles. The van der Waals surface area contributed by atoms with E-state index in [2.05, 4.69) is 4.98 Å². The van der Waals surface area contributed by atoms with Gasteiger partial charge in [-0.2, -0.15) is 13.2 Å². The smallest absolute Gasteiger partial charge is 0.475 e. The molecule has 2 saturated heterocycles. The van der Waals surface area contributed by atoms with Crippen LogP contribution in [0.15, 0.2) is 18.5 Å². The molecule has 2 atom stereocenters. The summed E-state index contributed by atoms with van der Waals surface area (Å²) in [6, 6.07) is 1.39. The summed E-state index contributed by atoms with van der Waals surface area (Å²) in [4.78, 5) is 41.2. The number of aliphatic carboxylic acids is 1. The standard InChI is InChI=1S/C16H20FN3O2.C2HF3O2/c1-3-19-7-5-16(15(19)22)10-20(9-11(16)2)14(21)12-4-6-18-8-13(12)17;3-2(4,5)1(6)7/h4,6,8,11H,3,5,7,9-10H2,1-2H3;(H,6,7)/t11-,16-;/m1./s1. The number of pyridine rings is 1. The normalized spacial score (nSPS) is 23.9. The summed E-state index contributed by atoms with van der Waals surface area (Å²) in [5.41, 5.74) is -0.466. The van der Waals surface area contributed by atoms with Gasteiger partial charge in [0.2, 0.25) is 5.91 Å². The molecule has 160 valence electrons. The van der Waals surface area contributed by atoms with Crippen molar-refractivity contribution in [3.05, 3.63) is 29.8 Å². The van der Waals surface area contributed by atoms with Gasteiger partial charge >= 0.3 is 12.1 Å². The van der Waals surface area contributed by atoms with E-state index in [9.17, 15) is 27.2 Å². The predicted molar refractivity (Wildman–Crippen MR) is 92.3 cm³/mol. The Hall–Kier alpha value is -2.72. The lowest BCUT2D eigenvalue weighted by Crippen LogP contribution is -2.40. The van der Waals surface area contributed by atoms with E-state index >= 15 is 0 Å². The first kappa shape index (κ1) is 22.6. The number of carboxylic acids is 1. The van der Waals surface area contributed by atoms with Crippen molar-refractivity contribution in [1.82, 2.24) is 14.8 Å². The van der Waals surface area contributed by atoms with Crippen LogP contribution in [0.25, 0.3) is 0 Å². The summed E-state index contributed by atoms with van der Waals surface area (Å²) in [6.45, 7) is 6.28. The fourth-order valence-electron chi connectivity index (χ4n) is 3.70. The number of carbonyl (C=O) groups excluding carboxylic acids is 2. The summed E-state index contributed by atoms with van der Waals surface area (Å²) in [7, 11) is 0. The van der Waals surface area contributed by atoms with E-state index in [0.717, 1.165) is 19.2 Å². The molecule has 0 radical (unpaired) electrons. The number of rotatable bonds is 2. The molecule has 1 N–H and O–H groups in total. The number of amides is 2. The maximum Gasteiger partial charge on any atom is 0.490 e. The number of hydrogen-bond acceptors (Lipinski definition) is 4. The molecule has 0 bridgehead atoms. The van der Waals surface area contributed by atoms with Gasteiger partial charge in [-0.25, -0.2) is 9.18 Å². The molecule has 7 nitrogen and oxygen atoms in total. The maximum absolute atomic E-state index is 13.8. The van der Waals surface area contributed by atoms with Crippen molar-refractivity contribution in [2.75, 3.05) is 26.2 Å². The number of hydrogen-bond donors (Lipinski definition) is 1. The van der Waals surface area contributed by atoms with Gasteiger partial charge in [0.25, 0.3) is 5.91 Å². The van der Waals surface area contributed by atoms with Crippen LogP contribution < -0.4 is 0 Å². The van der Waals surface area contributed by atoms with Crippen molar-refractivity contribution in [3.8, 4) is 0 Å². The Balaban J connectivity index is 0.000000370. The number of aromatic nitrogens is 1. The van der Waals surface area contributed by atoms with Gasteiger partial charge in [-0.1, -0.05) is 6.92 Å². The van der Waals surface area contributed by atoms with E-state index in [1.54, 1.807) is 4.90 Å². The zero-order valence-corrected chi connectivity index (χ0v) is 15.9. The van der Waals surface area contributed by atoms with Gasteiger partial charge in [-0.15, -0.1) is 0 Å². The largest absolute Gasteiger partial charge is 0.490 e. The SMILES string of the molecule is CCN1CC[C@]2(CN(C(=O)c3ccncc3F)C[C@H]2C)C1=O.O=C(O)C(F)(F)F. The van der Waals surface area contributed by atoms with Crippen LogP contribution in [-0.4, -0.2) is 70.0 Å². The highest BCUT2D eigenvalue weighted by Gasteiger charge is 2.55. The molecule has 3 heterocycles. The molecule has 1 aromatic heterocycles. The maximum atomic E-state index is 13.8. The molecule has 0 saturated carbocycles. The highest BCUT2D eigenvalue weighted by molar-refractivity contribution is 5.96. The van der Waals surface area contributed by atoms with Crippen molar-refractivity contribution in [2.45, 2.75) is 26.4 Å². The summed E-state index contributed by atoms with van der Waals surface area (Å²) in [6.07, 6.45) is -1.86. The molecular weight excluding hydrogens is 398 g/mol. The van der Waals surface area contributed by atoms with E-state index in [1.165, 1.54) is 12.3 Å². The first-order chi connectivity index (χ1) is 13.4. The van der Waals surface area contributed by atoms with Gasteiger partial charge in [0.05, 0.1) is 17.2 Å². The summed E-state index contributed by atoms with van der Waals surface area (Å²) in [5, 5.41) is 7.12. The minimum atomic E-state index is -5.08. The van der Waals surface area contributed by atoms with Crippen LogP contribution in [0.3, 0.4) is 0 Å². The highest BCUT2D eigenvalue weighted by Crippen LogP contribution is 2.44. The average Bonchev–Trinajstić information content (AvgIpc) is 3.15. The lowest BCUT2D eigenvalue weighted by Gasteiger charge is -2.26. The van der Waals surface area contributed by atoms with E-state index in [1.807, 2.05) is 18.7 Å². The quantitative estimate of drug-likeness (QED) is 0.743. The van der Waals surface area contributed by atoms with Crippen LogP contribution in [0.2, 0.25) is 0 Å². The minimum absolute atomic E-state index is 0.0250. The zero-order chi connectivity index (χ0) is 22.0. The molecule has 11 heteroatoms. The monoisotopic (exact) mass is 419 g/mol. The predicted octanol–water partition coefficient (Wildman–Crippen LogP) is 2.18. The second-order valence-electron chi connectivity index (χ2n) is 7.04. The van der Waals surface area contributed by atoms with Crippen molar-refractivity contribution in [1.29, 1.82) is 0 Å². The van der Waals surface area contributed by atoms with E-state index in [4.69, 9.17) is 9.90 Å². The van der Waals surface area contributed by atoms with Crippen molar-refractivity contribution in [3.63, 3.8) is 0 Å².